The summed E-state index contributed by atoms with van der Waals surface area (Å²) >= 11 is 0. The maximum atomic E-state index is 6.14. The molecule has 4 rings (SSSR count). The monoisotopic (exact) mass is 650 g/mol. The van der Waals surface area contributed by atoms with Crippen LogP contribution in [0.1, 0.15) is 77.6 Å². The SMILES string of the molecule is CCOc1cc(C=Cc2cccc3c(C=Cc4cc(OCC)c(N(CC)CC)c(OCC)c4)cccc23)cc(OCC)c1N(CC)CC. The minimum Gasteiger partial charge on any atom is -0.492 e. The van der Waals surface area contributed by atoms with E-state index in [4.69, 9.17) is 18.9 Å². The molecule has 0 saturated heterocycles. The van der Waals surface area contributed by atoms with E-state index in [1.807, 2.05) is 27.7 Å². The van der Waals surface area contributed by atoms with Crippen molar-refractivity contribution in [3.05, 3.63) is 82.9 Å². The molecule has 0 aliphatic rings. The highest BCUT2D eigenvalue weighted by Crippen LogP contribution is 2.41. The van der Waals surface area contributed by atoms with E-state index in [1.165, 1.54) is 10.8 Å². The molecular formula is C42H54N2O4. The maximum Gasteiger partial charge on any atom is 0.147 e. The Morgan fingerprint density at radius 2 is 0.750 bits per heavy atom. The lowest BCUT2D eigenvalue weighted by atomic mass is 9.98. The molecule has 0 atom stereocenters. The highest BCUT2D eigenvalue weighted by atomic mass is 16.5. The predicted molar refractivity (Wildman–Crippen MR) is 206 cm³/mol. The molecule has 0 aliphatic carbocycles. The van der Waals surface area contributed by atoms with Crippen molar-refractivity contribution in [2.45, 2.75) is 55.4 Å². The first-order chi connectivity index (χ1) is 23.5. The number of ether oxygens (including phenoxy) is 4. The van der Waals surface area contributed by atoms with E-state index in [2.05, 4.69) is 122 Å². The fraction of sp³-hybridized carbons (Fsp3) is 0.381. The summed E-state index contributed by atoms with van der Waals surface area (Å²) in [6.45, 7) is 22.6. The van der Waals surface area contributed by atoms with Gasteiger partial charge in [-0.1, -0.05) is 60.7 Å². The van der Waals surface area contributed by atoms with Gasteiger partial charge in [0.2, 0.25) is 0 Å². The largest absolute Gasteiger partial charge is 0.492 e. The third kappa shape index (κ3) is 8.46. The van der Waals surface area contributed by atoms with Crippen LogP contribution in [0.15, 0.2) is 60.7 Å². The summed E-state index contributed by atoms with van der Waals surface area (Å²) < 4.78 is 24.6. The molecule has 0 saturated carbocycles. The first-order valence-corrected chi connectivity index (χ1v) is 17.7. The summed E-state index contributed by atoms with van der Waals surface area (Å²) in [7, 11) is 0. The molecule has 0 bridgehead atoms. The summed E-state index contributed by atoms with van der Waals surface area (Å²) in [5.74, 6) is 3.40. The van der Waals surface area contributed by atoms with Gasteiger partial charge in [-0.15, -0.1) is 0 Å². The van der Waals surface area contributed by atoms with Crippen molar-refractivity contribution >= 4 is 46.5 Å². The van der Waals surface area contributed by atoms with Gasteiger partial charge in [-0.3, -0.25) is 0 Å². The highest BCUT2D eigenvalue weighted by molar-refractivity contribution is 5.99. The van der Waals surface area contributed by atoms with Crippen molar-refractivity contribution < 1.29 is 18.9 Å². The minimum atomic E-state index is 0.590. The standard InChI is InChI=1S/C42H54N2O4/c1-9-43(10-2)41-37(45-13-5)27-31(28-38(41)46-14-6)23-25-33-19-17-22-36-34(20-18-21-35(33)36)26-24-32-29-39(47-15-7)42(44(11-3)12-4)40(30-32)48-16-8/h17-30H,9-16H2,1-8H3. The Balaban J connectivity index is 1.73. The van der Waals surface area contributed by atoms with Crippen LogP contribution in [0.25, 0.3) is 35.1 Å². The summed E-state index contributed by atoms with van der Waals surface area (Å²) in [5, 5.41) is 2.38. The second kappa shape index (κ2) is 18.1. The highest BCUT2D eigenvalue weighted by Gasteiger charge is 2.19. The minimum absolute atomic E-state index is 0.590. The van der Waals surface area contributed by atoms with Gasteiger partial charge in [0.25, 0.3) is 0 Å². The van der Waals surface area contributed by atoms with E-state index in [-0.39, 0.29) is 0 Å². The van der Waals surface area contributed by atoms with Crippen LogP contribution in [-0.4, -0.2) is 52.6 Å². The molecular weight excluding hydrogens is 596 g/mol. The number of hydrogen-bond donors (Lipinski definition) is 0. The quantitative estimate of drug-likeness (QED) is 0.0999. The van der Waals surface area contributed by atoms with E-state index >= 15 is 0 Å². The van der Waals surface area contributed by atoms with Gasteiger partial charge in [0.1, 0.15) is 34.4 Å². The van der Waals surface area contributed by atoms with Crippen LogP contribution < -0.4 is 28.7 Å². The molecule has 0 aliphatic heterocycles. The van der Waals surface area contributed by atoms with E-state index < -0.39 is 0 Å². The van der Waals surface area contributed by atoms with Crippen LogP contribution in [-0.2, 0) is 0 Å². The smallest absolute Gasteiger partial charge is 0.147 e. The second-order valence-corrected chi connectivity index (χ2v) is 11.3. The van der Waals surface area contributed by atoms with Crippen molar-refractivity contribution in [1.29, 1.82) is 0 Å². The molecule has 0 aromatic heterocycles. The first kappa shape index (κ1) is 36.3. The lowest BCUT2D eigenvalue weighted by Gasteiger charge is -2.26. The van der Waals surface area contributed by atoms with Gasteiger partial charge in [-0.2, -0.15) is 0 Å². The van der Waals surface area contributed by atoms with Crippen molar-refractivity contribution in [1.82, 2.24) is 0 Å². The van der Waals surface area contributed by atoms with Crippen molar-refractivity contribution in [2.24, 2.45) is 0 Å². The van der Waals surface area contributed by atoms with Crippen molar-refractivity contribution in [3.63, 3.8) is 0 Å². The zero-order valence-electron chi connectivity index (χ0n) is 30.3. The molecule has 0 N–H and O–H groups in total. The molecule has 0 amide bonds. The zero-order chi connectivity index (χ0) is 34.5. The molecule has 4 aromatic carbocycles. The molecule has 6 heteroatoms. The number of hydrogen-bond acceptors (Lipinski definition) is 6. The Hall–Kier alpha value is -4.58. The first-order valence-electron chi connectivity index (χ1n) is 17.7. The molecule has 0 unspecified atom stereocenters. The fourth-order valence-corrected chi connectivity index (χ4v) is 6.18. The number of anilines is 2. The Morgan fingerprint density at radius 3 is 1.02 bits per heavy atom. The number of rotatable bonds is 18. The lowest BCUT2D eigenvalue weighted by molar-refractivity contribution is 0.323. The number of benzene rings is 4. The molecule has 0 radical (unpaired) electrons. The Bertz CT molecular complexity index is 1510. The topological polar surface area (TPSA) is 43.4 Å². The van der Waals surface area contributed by atoms with E-state index in [0.29, 0.717) is 26.4 Å². The summed E-state index contributed by atoms with van der Waals surface area (Å²) in [4.78, 5) is 4.58. The third-order valence-electron chi connectivity index (χ3n) is 8.38. The van der Waals surface area contributed by atoms with Crippen LogP contribution in [0.4, 0.5) is 11.4 Å². The lowest BCUT2D eigenvalue weighted by Crippen LogP contribution is -2.23. The molecule has 0 heterocycles. The normalized spacial score (nSPS) is 11.4. The number of fused-ring (bicyclic) bond motifs is 1. The van der Waals surface area contributed by atoms with Crippen molar-refractivity contribution in [2.75, 3.05) is 62.4 Å². The van der Waals surface area contributed by atoms with Crippen LogP contribution in [0.2, 0.25) is 0 Å². The van der Waals surface area contributed by atoms with Gasteiger partial charge in [0, 0.05) is 26.2 Å². The van der Waals surface area contributed by atoms with Crippen LogP contribution in [0, 0.1) is 0 Å². The molecule has 256 valence electrons. The average Bonchev–Trinajstić information content (AvgIpc) is 3.09. The summed E-state index contributed by atoms with van der Waals surface area (Å²) in [6, 6.07) is 21.4. The maximum absolute atomic E-state index is 6.14. The van der Waals surface area contributed by atoms with Crippen molar-refractivity contribution in [3.8, 4) is 23.0 Å². The van der Waals surface area contributed by atoms with Crippen LogP contribution in [0.3, 0.4) is 0 Å². The Morgan fingerprint density at radius 1 is 0.438 bits per heavy atom. The van der Waals surface area contributed by atoms with Crippen LogP contribution in [0.5, 0.6) is 23.0 Å². The predicted octanol–water partition coefficient (Wildman–Crippen LogP) is 10.5. The van der Waals surface area contributed by atoms with Gasteiger partial charge in [-0.05, 0) is 113 Å². The van der Waals surface area contributed by atoms with Gasteiger partial charge in [-0.25, -0.2) is 0 Å². The summed E-state index contributed by atoms with van der Waals surface area (Å²) in [5.41, 5.74) is 6.40. The van der Waals surface area contributed by atoms with Gasteiger partial charge >= 0.3 is 0 Å². The Labute approximate surface area is 288 Å². The molecule has 0 spiro atoms. The van der Waals surface area contributed by atoms with Gasteiger partial charge in [0.15, 0.2) is 0 Å². The molecule has 0 fully saturated rings. The van der Waals surface area contributed by atoms with Gasteiger partial charge in [0.05, 0.1) is 26.4 Å². The third-order valence-corrected chi connectivity index (χ3v) is 8.38. The summed E-state index contributed by atoms with van der Waals surface area (Å²) in [6.07, 6.45) is 8.66. The fourth-order valence-electron chi connectivity index (χ4n) is 6.18. The van der Waals surface area contributed by atoms with E-state index in [1.54, 1.807) is 0 Å². The van der Waals surface area contributed by atoms with E-state index in [0.717, 1.165) is 82.8 Å². The average molecular weight is 651 g/mol. The van der Waals surface area contributed by atoms with E-state index in [9.17, 15) is 0 Å². The second-order valence-electron chi connectivity index (χ2n) is 11.3. The number of nitrogens with zero attached hydrogens (tertiary/aromatic N) is 2. The zero-order valence-corrected chi connectivity index (χ0v) is 30.3. The van der Waals surface area contributed by atoms with Gasteiger partial charge < -0.3 is 28.7 Å². The molecule has 48 heavy (non-hydrogen) atoms. The molecule has 6 nitrogen and oxygen atoms in total. The Kier molecular flexibility index (Phi) is 13.7. The van der Waals surface area contributed by atoms with Crippen LogP contribution >= 0.6 is 0 Å². The molecule has 4 aromatic rings.